The summed E-state index contributed by atoms with van der Waals surface area (Å²) in [6, 6.07) is -0.485. The third-order valence-corrected chi connectivity index (χ3v) is 3.59. The van der Waals surface area contributed by atoms with E-state index in [-0.39, 0.29) is 23.8 Å². The molecule has 1 aromatic rings. The minimum absolute atomic E-state index is 0.115. The van der Waals surface area contributed by atoms with E-state index in [4.69, 9.17) is 4.52 Å². The summed E-state index contributed by atoms with van der Waals surface area (Å²) in [6.45, 7) is -0.458. The quantitative estimate of drug-likeness (QED) is 0.916. The van der Waals surface area contributed by atoms with E-state index in [1.165, 1.54) is 0 Å². The predicted octanol–water partition coefficient (Wildman–Crippen LogP) is 1.66. The van der Waals surface area contributed by atoms with Crippen molar-refractivity contribution in [2.45, 2.75) is 43.9 Å². The van der Waals surface area contributed by atoms with Crippen molar-refractivity contribution in [3.8, 4) is 0 Å². The van der Waals surface area contributed by atoms with E-state index in [0.717, 1.165) is 24.3 Å². The van der Waals surface area contributed by atoms with Crippen LogP contribution in [0.1, 0.15) is 48.2 Å². The Morgan fingerprint density at radius 2 is 2.14 bits per heavy atom. The van der Waals surface area contributed by atoms with Crippen LogP contribution in [0.5, 0.6) is 0 Å². The van der Waals surface area contributed by atoms with Crippen LogP contribution in [0.2, 0.25) is 0 Å². The Kier molecular flexibility index (Phi) is 3.60. The standard InChI is InChI=1S/C12H15F3N4O2/c13-12(14,15)6-19(7-3-4-7)11(20)9-17-10(21-18-9)8-2-1-5-16-8/h7-8,16H,1-6H2. The molecule has 1 N–H and O–H groups in total. The first-order chi connectivity index (χ1) is 9.94. The van der Waals surface area contributed by atoms with Gasteiger partial charge in [0.15, 0.2) is 0 Å². The Labute approximate surface area is 118 Å². The largest absolute Gasteiger partial charge is 0.406 e. The normalized spacial score (nSPS) is 22.5. The molecule has 1 atom stereocenters. The number of hydrogen-bond donors (Lipinski definition) is 1. The zero-order valence-corrected chi connectivity index (χ0v) is 11.2. The van der Waals surface area contributed by atoms with Crippen LogP contribution in [0, 0.1) is 0 Å². The molecule has 3 rings (SSSR count). The molecule has 9 heteroatoms. The molecule has 1 saturated carbocycles. The molecular formula is C12H15F3N4O2. The number of amides is 1. The third kappa shape index (κ3) is 3.34. The Bertz CT molecular complexity index is 521. The van der Waals surface area contributed by atoms with Gasteiger partial charge in [0.2, 0.25) is 5.89 Å². The van der Waals surface area contributed by atoms with E-state index in [9.17, 15) is 18.0 Å². The van der Waals surface area contributed by atoms with Crippen LogP contribution in [0.25, 0.3) is 0 Å². The highest BCUT2D eigenvalue weighted by Gasteiger charge is 2.42. The lowest BCUT2D eigenvalue weighted by Crippen LogP contribution is -2.41. The lowest BCUT2D eigenvalue weighted by molar-refractivity contribution is -0.141. The van der Waals surface area contributed by atoms with E-state index in [1.807, 2.05) is 0 Å². The monoisotopic (exact) mass is 304 g/mol. The van der Waals surface area contributed by atoms with Gasteiger partial charge < -0.3 is 14.7 Å². The fourth-order valence-corrected chi connectivity index (χ4v) is 2.43. The molecule has 2 fully saturated rings. The number of alkyl halides is 3. The minimum Gasteiger partial charge on any atom is -0.337 e. The van der Waals surface area contributed by atoms with Crippen LogP contribution < -0.4 is 5.32 Å². The molecule has 0 bridgehead atoms. The van der Waals surface area contributed by atoms with Gasteiger partial charge in [0.1, 0.15) is 6.54 Å². The molecule has 6 nitrogen and oxygen atoms in total. The maximum Gasteiger partial charge on any atom is 0.406 e. The van der Waals surface area contributed by atoms with Crippen LogP contribution in [0.4, 0.5) is 13.2 Å². The van der Waals surface area contributed by atoms with Crippen molar-refractivity contribution in [1.82, 2.24) is 20.4 Å². The molecule has 2 heterocycles. The van der Waals surface area contributed by atoms with Gasteiger partial charge in [-0.25, -0.2) is 0 Å². The second-order valence-corrected chi connectivity index (χ2v) is 5.38. The van der Waals surface area contributed by atoms with Gasteiger partial charge in [-0.2, -0.15) is 18.2 Å². The maximum absolute atomic E-state index is 12.6. The Balaban J connectivity index is 1.73. The molecule has 1 amide bonds. The molecule has 0 aromatic carbocycles. The predicted molar refractivity (Wildman–Crippen MR) is 64.4 cm³/mol. The highest BCUT2D eigenvalue weighted by molar-refractivity contribution is 5.90. The number of hydrogen-bond acceptors (Lipinski definition) is 5. The van der Waals surface area contributed by atoms with Gasteiger partial charge in [-0.05, 0) is 32.2 Å². The van der Waals surface area contributed by atoms with Gasteiger partial charge in [0, 0.05) is 6.04 Å². The van der Waals surface area contributed by atoms with Crippen molar-refractivity contribution >= 4 is 5.91 Å². The summed E-state index contributed by atoms with van der Waals surface area (Å²) < 4.78 is 42.7. The van der Waals surface area contributed by atoms with Crippen molar-refractivity contribution in [3.05, 3.63) is 11.7 Å². The van der Waals surface area contributed by atoms with Gasteiger partial charge in [0.05, 0.1) is 6.04 Å². The summed E-state index contributed by atoms with van der Waals surface area (Å²) in [5, 5.41) is 6.66. The second kappa shape index (κ2) is 5.28. The number of aromatic nitrogens is 2. The molecule has 116 valence electrons. The number of nitrogens with one attached hydrogen (secondary N) is 1. The van der Waals surface area contributed by atoms with Crippen molar-refractivity contribution in [2.24, 2.45) is 0 Å². The highest BCUT2D eigenvalue weighted by Crippen LogP contribution is 2.31. The van der Waals surface area contributed by atoms with Crippen molar-refractivity contribution in [1.29, 1.82) is 0 Å². The average molecular weight is 304 g/mol. The van der Waals surface area contributed by atoms with E-state index >= 15 is 0 Å². The summed E-state index contributed by atoms with van der Waals surface area (Å²) in [6.07, 6.45) is -1.51. The summed E-state index contributed by atoms with van der Waals surface area (Å²) in [7, 11) is 0. The molecule has 1 unspecified atom stereocenters. The van der Waals surface area contributed by atoms with Crippen molar-refractivity contribution in [2.75, 3.05) is 13.1 Å². The van der Waals surface area contributed by atoms with Crippen molar-refractivity contribution < 1.29 is 22.5 Å². The molecule has 0 radical (unpaired) electrons. The second-order valence-electron chi connectivity index (χ2n) is 5.38. The van der Waals surface area contributed by atoms with Gasteiger partial charge in [0.25, 0.3) is 11.7 Å². The number of carbonyl (C=O) groups excluding carboxylic acids is 1. The highest BCUT2D eigenvalue weighted by atomic mass is 19.4. The first-order valence-corrected chi connectivity index (χ1v) is 6.89. The number of nitrogens with zero attached hydrogens (tertiary/aromatic N) is 3. The van der Waals surface area contributed by atoms with Gasteiger partial charge in [-0.1, -0.05) is 5.16 Å². The molecule has 1 saturated heterocycles. The van der Waals surface area contributed by atoms with Gasteiger partial charge >= 0.3 is 6.18 Å². The van der Waals surface area contributed by atoms with E-state index in [0.29, 0.717) is 12.8 Å². The van der Waals surface area contributed by atoms with E-state index < -0.39 is 18.6 Å². The van der Waals surface area contributed by atoms with Crippen molar-refractivity contribution in [3.63, 3.8) is 0 Å². The SMILES string of the molecule is O=C(c1noc(C2CCCN2)n1)N(CC(F)(F)F)C1CC1. The zero-order chi connectivity index (χ0) is 15.0. The summed E-state index contributed by atoms with van der Waals surface area (Å²) >= 11 is 0. The number of halogens is 3. The fourth-order valence-electron chi connectivity index (χ4n) is 2.43. The molecule has 2 aliphatic rings. The molecule has 0 spiro atoms. The summed E-state index contributed by atoms with van der Waals surface area (Å²) in [5.41, 5.74) is 0. The Hall–Kier alpha value is -1.64. The summed E-state index contributed by atoms with van der Waals surface area (Å²) in [4.78, 5) is 16.9. The lowest BCUT2D eigenvalue weighted by Gasteiger charge is -2.21. The van der Waals surface area contributed by atoms with E-state index in [1.54, 1.807) is 0 Å². The first-order valence-electron chi connectivity index (χ1n) is 6.89. The molecule has 21 heavy (non-hydrogen) atoms. The molecule has 1 aliphatic carbocycles. The fraction of sp³-hybridized carbons (Fsp3) is 0.750. The molecule has 1 aliphatic heterocycles. The van der Waals surface area contributed by atoms with Gasteiger partial charge in [-0.3, -0.25) is 4.79 Å². The van der Waals surface area contributed by atoms with Crippen LogP contribution in [-0.2, 0) is 0 Å². The molecular weight excluding hydrogens is 289 g/mol. The smallest absolute Gasteiger partial charge is 0.337 e. The maximum atomic E-state index is 12.6. The summed E-state index contributed by atoms with van der Waals surface area (Å²) in [5.74, 6) is -0.851. The van der Waals surface area contributed by atoms with Crippen LogP contribution in [0.15, 0.2) is 4.52 Å². The van der Waals surface area contributed by atoms with E-state index in [2.05, 4.69) is 15.5 Å². The van der Waals surface area contributed by atoms with Crippen LogP contribution >= 0.6 is 0 Å². The third-order valence-electron chi connectivity index (χ3n) is 3.59. The number of rotatable bonds is 4. The van der Waals surface area contributed by atoms with Gasteiger partial charge in [-0.15, -0.1) is 0 Å². The zero-order valence-electron chi connectivity index (χ0n) is 11.2. The van der Waals surface area contributed by atoms with Crippen LogP contribution in [0.3, 0.4) is 0 Å². The lowest BCUT2D eigenvalue weighted by atomic mass is 10.2. The number of carbonyl (C=O) groups is 1. The first kappa shape index (κ1) is 14.3. The molecule has 1 aromatic heterocycles. The average Bonchev–Trinajstić information content (AvgIpc) is 2.92. The topological polar surface area (TPSA) is 71.3 Å². The van der Waals surface area contributed by atoms with Crippen LogP contribution in [-0.4, -0.2) is 46.3 Å². The minimum atomic E-state index is -4.43. The Morgan fingerprint density at radius 3 is 2.71 bits per heavy atom. The Morgan fingerprint density at radius 1 is 1.38 bits per heavy atom.